The van der Waals surface area contributed by atoms with Gasteiger partial charge in [-0.25, -0.2) is 0 Å². The van der Waals surface area contributed by atoms with Gasteiger partial charge < -0.3 is 15.5 Å². The van der Waals surface area contributed by atoms with E-state index in [1.165, 1.54) is 25.7 Å². The molecule has 0 spiro atoms. The lowest BCUT2D eigenvalue weighted by molar-refractivity contribution is -0.127. The van der Waals surface area contributed by atoms with E-state index in [0.717, 1.165) is 25.9 Å². The Morgan fingerprint density at radius 1 is 1.30 bits per heavy atom. The summed E-state index contributed by atoms with van der Waals surface area (Å²) in [6, 6.07) is 0.313. The van der Waals surface area contributed by atoms with Crippen molar-refractivity contribution in [3.63, 3.8) is 0 Å². The maximum Gasteiger partial charge on any atom is 0.224 e. The van der Waals surface area contributed by atoms with Crippen LogP contribution in [-0.2, 0) is 4.79 Å². The molecule has 20 heavy (non-hydrogen) atoms. The molecule has 0 aromatic carbocycles. The molecular formula is C15H30ClN3O. The van der Waals surface area contributed by atoms with E-state index in [9.17, 15) is 4.79 Å². The van der Waals surface area contributed by atoms with E-state index in [4.69, 9.17) is 0 Å². The Kier molecular flexibility index (Phi) is 6.76. The molecule has 1 aliphatic heterocycles. The Balaban J connectivity index is 0.00000200. The van der Waals surface area contributed by atoms with Crippen LogP contribution in [-0.4, -0.2) is 49.6 Å². The summed E-state index contributed by atoms with van der Waals surface area (Å²) < 4.78 is 0. The van der Waals surface area contributed by atoms with Crippen molar-refractivity contribution >= 4 is 18.3 Å². The van der Waals surface area contributed by atoms with Gasteiger partial charge in [-0.3, -0.25) is 4.79 Å². The van der Waals surface area contributed by atoms with Gasteiger partial charge in [0.05, 0.1) is 5.92 Å². The molecule has 0 bridgehead atoms. The molecule has 2 fully saturated rings. The van der Waals surface area contributed by atoms with Crippen molar-refractivity contribution in [1.82, 2.24) is 15.5 Å². The summed E-state index contributed by atoms with van der Waals surface area (Å²) >= 11 is 0. The molecule has 5 heteroatoms. The highest BCUT2D eigenvalue weighted by molar-refractivity contribution is 5.85. The van der Waals surface area contributed by atoms with Crippen molar-refractivity contribution in [3.8, 4) is 0 Å². The van der Waals surface area contributed by atoms with Crippen LogP contribution in [0.25, 0.3) is 0 Å². The molecule has 2 unspecified atom stereocenters. The van der Waals surface area contributed by atoms with E-state index < -0.39 is 0 Å². The summed E-state index contributed by atoms with van der Waals surface area (Å²) in [4.78, 5) is 14.7. The third-order valence-corrected chi connectivity index (χ3v) is 5.17. The van der Waals surface area contributed by atoms with Gasteiger partial charge in [0.2, 0.25) is 5.91 Å². The van der Waals surface area contributed by atoms with Crippen molar-refractivity contribution in [3.05, 3.63) is 0 Å². The fourth-order valence-corrected chi connectivity index (χ4v) is 3.60. The average Bonchev–Trinajstić information content (AvgIpc) is 2.86. The standard InChI is InChI=1S/C15H29N3O.ClH/c1-12-13(7-6-10-16-12)14(19)17-11-15(18(2)3)8-4-5-9-15;/h12-13,16H,4-11H2,1-3H3,(H,17,19);1H. The Morgan fingerprint density at radius 3 is 2.50 bits per heavy atom. The first-order valence-electron chi connectivity index (χ1n) is 7.74. The Labute approximate surface area is 129 Å². The van der Waals surface area contributed by atoms with E-state index in [-0.39, 0.29) is 29.8 Å². The van der Waals surface area contributed by atoms with Gasteiger partial charge in [-0.15, -0.1) is 12.4 Å². The quantitative estimate of drug-likeness (QED) is 0.832. The van der Waals surface area contributed by atoms with Crippen LogP contribution in [0.5, 0.6) is 0 Å². The zero-order valence-corrected chi connectivity index (χ0v) is 13.9. The number of rotatable bonds is 4. The van der Waals surface area contributed by atoms with Crippen LogP contribution in [0.3, 0.4) is 0 Å². The number of hydrogen-bond acceptors (Lipinski definition) is 3. The van der Waals surface area contributed by atoms with Gasteiger partial charge in [-0.05, 0) is 53.2 Å². The van der Waals surface area contributed by atoms with Crippen LogP contribution in [0.1, 0.15) is 45.4 Å². The molecular weight excluding hydrogens is 274 g/mol. The number of carbonyl (C=O) groups excluding carboxylic acids is 1. The third-order valence-electron chi connectivity index (χ3n) is 5.17. The summed E-state index contributed by atoms with van der Waals surface area (Å²) in [7, 11) is 4.28. The van der Waals surface area contributed by atoms with Crippen LogP contribution in [0.15, 0.2) is 0 Å². The Bertz CT molecular complexity index is 316. The molecule has 2 N–H and O–H groups in total. The fraction of sp³-hybridized carbons (Fsp3) is 0.933. The van der Waals surface area contributed by atoms with Crippen molar-refractivity contribution in [2.75, 3.05) is 27.2 Å². The number of hydrogen-bond donors (Lipinski definition) is 2. The predicted octanol–water partition coefficient (Wildman–Crippen LogP) is 1.79. The average molecular weight is 304 g/mol. The third kappa shape index (κ3) is 3.86. The molecule has 0 radical (unpaired) electrons. The lowest BCUT2D eigenvalue weighted by Gasteiger charge is -2.37. The molecule has 0 aromatic heterocycles. The number of likely N-dealkylation sites (N-methyl/N-ethyl adjacent to an activating group) is 1. The van der Waals surface area contributed by atoms with Crippen LogP contribution >= 0.6 is 12.4 Å². The summed E-state index contributed by atoms with van der Waals surface area (Å²) in [5.74, 6) is 0.391. The van der Waals surface area contributed by atoms with E-state index in [1.54, 1.807) is 0 Å². The van der Waals surface area contributed by atoms with Crippen LogP contribution < -0.4 is 10.6 Å². The minimum Gasteiger partial charge on any atom is -0.354 e. The molecule has 118 valence electrons. The van der Waals surface area contributed by atoms with Crippen LogP contribution in [0.2, 0.25) is 0 Å². The molecule has 1 saturated carbocycles. The minimum atomic E-state index is 0. The first kappa shape index (κ1) is 17.7. The van der Waals surface area contributed by atoms with Crippen LogP contribution in [0.4, 0.5) is 0 Å². The number of carbonyl (C=O) groups is 1. The second-order valence-corrected chi connectivity index (χ2v) is 6.54. The monoisotopic (exact) mass is 303 g/mol. The molecule has 1 aliphatic carbocycles. The molecule has 1 amide bonds. The highest BCUT2D eigenvalue weighted by Gasteiger charge is 2.37. The number of piperidine rings is 1. The molecule has 1 heterocycles. The van der Waals surface area contributed by atoms with Gasteiger partial charge in [0.25, 0.3) is 0 Å². The van der Waals surface area contributed by atoms with E-state index in [0.29, 0.717) is 6.04 Å². The van der Waals surface area contributed by atoms with Crippen molar-refractivity contribution in [2.45, 2.75) is 57.0 Å². The maximum absolute atomic E-state index is 12.4. The summed E-state index contributed by atoms with van der Waals surface area (Å²) in [5.41, 5.74) is 0.195. The van der Waals surface area contributed by atoms with Gasteiger partial charge in [-0.2, -0.15) is 0 Å². The molecule has 0 aromatic rings. The first-order chi connectivity index (χ1) is 9.05. The normalized spacial score (nSPS) is 29.0. The summed E-state index contributed by atoms with van der Waals surface area (Å²) in [6.45, 7) is 3.98. The SMILES string of the molecule is CC1NCCCC1C(=O)NCC1(N(C)C)CCCC1.Cl. The number of halogens is 1. The summed E-state index contributed by atoms with van der Waals surface area (Å²) in [6.07, 6.45) is 7.12. The highest BCUT2D eigenvalue weighted by atomic mass is 35.5. The lowest BCUT2D eigenvalue weighted by Crippen LogP contribution is -2.54. The zero-order chi connectivity index (χ0) is 13.9. The Hall–Kier alpha value is -0.320. The number of nitrogens with zero attached hydrogens (tertiary/aromatic N) is 1. The van der Waals surface area contributed by atoms with Crippen molar-refractivity contribution < 1.29 is 4.79 Å². The molecule has 2 atom stereocenters. The minimum absolute atomic E-state index is 0. The van der Waals surface area contributed by atoms with E-state index in [2.05, 4.69) is 36.6 Å². The second-order valence-electron chi connectivity index (χ2n) is 6.54. The molecule has 2 aliphatic rings. The topological polar surface area (TPSA) is 44.4 Å². The zero-order valence-electron chi connectivity index (χ0n) is 13.1. The molecule has 1 saturated heterocycles. The highest BCUT2D eigenvalue weighted by Crippen LogP contribution is 2.33. The summed E-state index contributed by atoms with van der Waals surface area (Å²) in [5, 5.41) is 6.63. The van der Waals surface area contributed by atoms with Gasteiger partial charge in [0, 0.05) is 18.1 Å². The Morgan fingerprint density at radius 2 is 1.95 bits per heavy atom. The number of amides is 1. The fourth-order valence-electron chi connectivity index (χ4n) is 3.60. The smallest absolute Gasteiger partial charge is 0.224 e. The lowest BCUT2D eigenvalue weighted by atomic mass is 9.90. The van der Waals surface area contributed by atoms with Gasteiger partial charge in [-0.1, -0.05) is 12.8 Å². The first-order valence-corrected chi connectivity index (χ1v) is 7.74. The van der Waals surface area contributed by atoms with Crippen molar-refractivity contribution in [1.29, 1.82) is 0 Å². The van der Waals surface area contributed by atoms with E-state index in [1.807, 2.05) is 0 Å². The van der Waals surface area contributed by atoms with Crippen LogP contribution in [0, 0.1) is 5.92 Å². The number of nitrogens with one attached hydrogen (secondary N) is 2. The van der Waals surface area contributed by atoms with Gasteiger partial charge >= 0.3 is 0 Å². The van der Waals surface area contributed by atoms with Crippen molar-refractivity contribution in [2.24, 2.45) is 5.92 Å². The van der Waals surface area contributed by atoms with Gasteiger partial charge in [0.1, 0.15) is 0 Å². The second kappa shape index (κ2) is 7.62. The van der Waals surface area contributed by atoms with Gasteiger partial charge in [0.15, 0.2) is 0 Å². The molecule has 4 nitrogen and oxygen atoms in total. The largest absolute Gasteiger partial charge is 0.354 e. The van der Waals surface area contributed by atoms with E-state index >= 15 is 0 Å². The molecule has 2 rings (SSSR count). The predicted molar refractivity (Wildman–Crippen MR) is 85.3 cm³/mol. The maximum atomic E-state index is 12.4.